The molecule has 5 nitrogen and oxygen atoms in total. The third-order valence-corrected chi connectivity index (χ3v) is 2.84. The van der Waals surface area contributed by atoms with Crippen molar-refractivity contribution in [3.63, 3.8) is 0 Å². The molecule has 0 fully saturated rings. The van der Waals surface area contributed by atoms with E-state index in [9.17, 15) is 4.39 Å². The fraction of sp³-hybridized carbons (Fsp3) is 0.333. The molecule has 114 valence electrons. The number of nitrogens with zero attached hydrogens (tertiary/aromatic N) is 2. The molecular formula is C15H21FN4O. The van der Waals surface area contributed by atoms with Crippen LogP contribution in [0.4, 0.5) is 4.39 Å². The Kier molecular flexibility index (Phi) is 6.87. The Morgan fingerprint density at radius 3 is 2.81 bits per heavy atom. The summed E-state index contributed by atoms with van der Waals surface area (Å²) in [5.41, 5.74) is 12.7. The predicted octanol–water partition coefficient (Wildman–Crippen LogP) is 1.30. The Morgan fingerprint density at radius 2 is 2.24 bits per heavy atom. The zero-order valence-corrected chi connectivity index (χ0v) is 12.1. The van der Waals surface area contributed by atoms with Crippen LogP contribution in [0.15, 0.2) is 36.6 Å². The van der Waals surface area contributed by atoms with E-state index in [2.05, 4.69) is 16.5 Å². The molecular weight excluding hydrogens is 271 g/mol. The van der Waals surface area contributed by atoms with Crippen LogP contribution in [0.25, 0.3) is 5.57 Å². The number of halogens is 1. The predicted molar refractivity (Wildman–Crippen MR) is 81.5 cm³/mol. The van der Waals surface area contributed by atoms with Crippen LogP contribution in [-0.4, -0.2) is 27.7 Å². The molecule has 0 saturated heterocycles. The van der Waals surface area contributed by atoms with E-state index in [1.165, 1.54) is 0 Å². The second-order valence-corrected chi connectivity index (χ2v) is 4.57. The molecule has 1 rings (SSSR count). The number of hydrogen-bond donors (Lipinski definition) is 3. The molecule has 0 radical (unpaired) electrons. The van der Waals surface area contributed by atoms with E-state index in [0.29, 0.717) is 12.2 Å². The average molecular weight is 292 g/mol. The van der Waals surface area contributed by atoms with E-state index in [0.717, 1.165) is 17.3 Å². The van der Waals surface area contributed by atoms with E-state index in [1.807, 2.05) is 13.0 Å². The van der Waals surface area contributed by atoms with Crippen LogP contribution in [0, 0.1) is 5.82 Å². The Balaban J connectivity index is 2.87. The molecule has 0 bridgehead atoms. The van der Waals surface area contributed by atoms with Gasteiger partial charge in [0.2, 0.25) is 0 Å². The first-order valence-electron chi connectivity index (χ1n) is 6.62. The number of rotatable bonds is 7. The number of allylic oxidation sites excluding steroid dienone is 4. The van der Waals surface area contributed by atoms with E-state index in [-0.39, 0.29) is 24.9 Å². The summed E-state index contributed by atoms with van der Waals surface area (Å²) in [6.45, 7) is 5.62. The van der Waals surface area contributed by atoms with Gasteiger partial charge in [-0.05, 0) is 13.3 Å². The van der Waals surface area contributed by atoms with Gasteiger partial charge in [0.15, 0.2) is 11.6 Å². The zero-order valence-electron chi connectivity index (χ0n) is 12.1. The second kappa shape index (κ2) is 8.41. The molecule has 6 heteroatoms. The van der Waals surface area contributed by atoms with Crippen molar-refractivity contribution in [2.45, 2.75) is 25.9 Å². The van der Waals surface area contributed by atoms with Crippen molar-refractivity contribution in [2.75, 3.05) is 6.61 Å². The highest BCUT2D eigenvalue weighted by molar-refractivity contribution is 5.69. The maximum absolute atomic E-state index is 13.3. The molecule has 1 aromatic heterocycles. The second-order valence-electron chi connectivity index (χ2n) is 4.57. The number of hydrogen-bond acceptors (Lipinski definition) is 5. The normalized spacial score (nSPS) is 13.7. The Morgan fingerprint density at radius 1 is 1.52 bits per heavy atom. The first-order valence-corrected chi connectivity index (χ1v) is 6.62. The number of aliphatic hydroxyl groups is 1. The van der Waals surface area contributed by atoms with Gasteiger partial charge >= 0.3 is 0 Å². The SMILES string of the molecule is C=C(/C=C\C(=C/C)c1ncc(F)c(CN)n1)CC(N)CO. The lowest BCUT2D eigenvalue weighted by molar-refractivity contribution is 0.265. The topological polar surface area (TPSA) is 98.0 Å². The van der Waals surface area contributed by atoms with Crippen LogP contribution in [0.1, 0.15) is 24.9 Å². The van der Waals surface area contributed by atoms with E-state index < -0.39 is 5.82 Å². The van der Waals surface area contributed by atoms with Crippen molar-refractivity contribution < 1.29 is 9.50 Å². The molecule has 21 heavy (non-hydrogen) atoms. The summed E-state index contributed by atoms with van der Waals surface area (Å²) in [4.78, 5) is 8.05. The lowest BCUT2D eigenvalue weighted by Gasteiger charge is -2.07. The van der Waals surface area contributed by atoms with Crippen LogP contribution < -0.4 is 11.5 Å². The largest absolute Gasteiger partial charge is 0.395 e. The molecule has 0 saturated carbocycles. The minimum absolute atomic E-state index is 0.0140. The Labute approximate surface area is 123 Å². The molecule has 1 unspecified atom stereocenters. The number of aromatic nitrogens is 2. The monoisotopic (exact) mass is 292 g/mol. The Hall–Kier alpha value is -1.89. The van der Waals surface area contributed by atoms with Gasteiger partial charge in [0.05, 0.1) is 18.5 Å². The summed E-state index contributed by atoms with van der Waals surface area (Å²) in [6.07, 6.45) is 6.96. The van der Waals surface area contributed by atoms with Crippen molar-refractivity contribution in [2.24, 2.45) is 11.5 Å². The van der Waals surface area contributed by atoms with Gasteiger partial charge in [-0.2, -0.15) is 0 Å². The summed E-state index contributed by atoms with van der Waals surface area (Å²) in [5.74, 6) is -0.117. The minimum atomic E-state index is -0.515. The first kappa shape index (κ1) is 17.2. The van der Waals surface area contributed by atoms with Gasteiger partial charge < -0.3 is 16.6 Å². The maximum atomic E-state index is 13.3. The standard InChI is InChI=1S/C15H21FN4O/c1-3-11(5-4-10(2)6-12(18)9-21)15-19-8-13(16)14(7-17)20-15/h3-5,8,12,21H,2,6-7,9,17-18H2,1H3/b5-4-,11-3+. The van der Waals surface area contributed by atoms with Gasteiger partial charge in [-0.15, -0.1) is 0 Å². The highest BCUT2D eigenvalue weighted by Crippen LogP contribution is 2.15. The molecule has 0 aromatic carbocycles. The molecule has 1 aromatic rings. The van der Waals surface area contributed by atoms with Crippen molar-refractivity contribution >= 4 is 5.57 Å². The van der Waals surface area contributed by atoms with Crippen molar-refractivity contribution in [3.8, 4) is 0 Å². The minimum Gasteiger partial charge on any atom is -0.395 e. The molecule has 0 aliphatic heterocycles. The number of aliphatic hydroxyl groups excluding tert-OH is 1. The molecule has 0 amide bonds. The summed E-state index contributed by atoms with van der Waals surface area (Å²) in [6, 6.07) is -0.331. The molecule has 1 atom stereocenters. The Bertz CT molecular complexity index is 555. The zero-order chi connectivity index (χ0) is 15.8. The van der Waals surface area contributed by atoms with Crippen molar-refractivity contribution in [1.82, 2.24) is 9.97 Å². The molecule has 1 heterocycles. The highest BCUT2D eigenvalue weighted by atomic mass is 19.1. The third-order valence-electron chi connectivity index (χ3n) is 2.84. The highest BCUT2D eigenvalue weighted by Gasteiger charge is 2.07. The fourth-order valence-corrected chi connectivity index (χ4v) is 1.66. The van der Waals surface area contributed by atoms with Gasteiger partial charge in [-0.25, -0.2) is 14.4 Å². The van der Waals surface area contributed by atoms with Gasteiger partial charge in [-0.1, -0.05) is 30.4 Å². The lowest BCUT2D eigenvalue weighted by Crippen LogP contribution is -2.24. The van der Waals surface area contributed by atoms with Gasteiger partial charge in [-0.3, -0.25) is 0 Å². The van der Waals surface area contributed by atoms with Crippen LogP contribution in [-0.2, 0) is 6.54 Å². The molecule has 0 aliphatic rings. The van der Waals surface area contributed by atoms with Crippen LogP contribution >= 0.6 is 0 Å². The van der Waals surface area contributed by atoms with E-state index >= 15 is 0 Å². The van der Waals surface area contributed by atoms with Crippen molar-refractivity contribution in [3.05, 3.63) is 53.9 Å². The first-order chi connectivity index (χ1) is 10.0. The molecule has 5 N–H and O–H groups in total. The number of nitrogens with two attached hydrogens (primary N) is 2. The maximum Gasteiger partial charge on any atom is 0.164 e. The van der Waals surface area contributed by atoms with E-state index in [1.54, 1.807) is 12.2 Å². The molecule has 0 spiro atoms. The third kappa shape index (κ3) is 5.18. The summed E-state index contributed by atoms with van der Waals surface area (Å²) < 4.78 is 13.3. The average Bonchev–Trinajstić information content (AvgIpc) is 2.48. The van der Waals surface area contributed by atoms with E-state index in [4.69, 9.17) is 16.6 Å². The van der Waals surface area contributed by atoms with Crippen molar-refractivity contribution in [1.29, 1.82) is 0 Å². The lowest BCUT2D eigenvalue weighted by atomic mass is 10.1. The van der Waals surface area contributed by atoms with Crippen LogP contribution in [0.2, 0.25) is 0 Å². The summed E-state index contributed by atoms with van der Waals surface area (Å²) >= 11 is 0. The summed E-state index contributed by atoms with van der Waals surface area (Å²) in [5, 5.41) is 8.90. The smallest absolute Gasteiger partial charge is 0.164 e. The van der Waals surface area contributed by atoms with Gasteiger partial charge in [0.25, 0.3) is 0 Å². The van der Waals surface area contributed by atoms with Gasteiger partial charge in [0.1, 0.15) is 0 Å². The van der Waals surface area contributed by atoms with Gasteiger partial charge in [0, 0.05) is 18.2 Å². The quantitative estimate of drug-likeness (QED) is 0.658. The fourth-order valence-electron chi connectivity index (χ4n) is 1.66. The van der Waals surface area contributed by atoms with Crippen LogP contribution in [0.3, 0.4) is 0 Å². The molecule has 0 aliphatic carbocycles. The summed E-state index contributed by atoms with van der Waals surface area (Å²) in [7, 11) is 0. The van der Waals surface area contributed by atoms with Crippen LogP contribution in [0.5, 0.6) is 0 Å².